The van der Waals surface area contributed by atoms with Gasteiger partial charge in [-0.05, 0) is 37.1 Å². The van der Waals surface area contributed by atoms with Crippen molar-refractivity contribution in [2.75, 3.05) is 4.90 Å². The van der Waals surface area contributed by atoms with Gasteiger partial charge in [-0.25, -0.2) is 0 Å². The number of ether oxygens (including phenoxy) is 1. The molecule has 0 saturated heterocycles. The third-order valence-electron chi connectivity index (χ3n) is 4.25. The fourth-order valence-corrected chi connectivity index (χ4v) is 2.96. The van der Waals surface area contributed by atoms with E-state index in [0.29, 0.717) is 18.9 Å². The lowest BCUT2D eigenvalue weighted by molar-refractivity contribution is -0.139. The van der Waals surface area contributed by atoms with Gasteiger partial charge in [0, 0.05) is 13.1 Å². The van der Waals surface area contributed by atoms with Gasteiger partial charge in [-0.1, -0.05) is 60.7 Å². The van der Waals surface area contributed by atoms with E-state index in [0.717, 1.165) is 17.2 Å². The van der Waals surface area contributed by atoms with Crippen LogP contribution in [-0.2, 0) is 19.3 Å². The first-order chi connectivity index (χ1) is 13.8. The number of halogens is 3. The van der Waals surface area contributed by atoms with Crippen molar-refractivity contribution >= 4 is 5.82 Å². The quantitative estimate of drug-likeness (QED) is 0.480. The van der Waals surface area contributed by atoms with Gasteiger partial charge in [-0.3, -0.25) is 0 Å². The van der Waals surface area contributed by atoms with Crippen molar-refractivity contribution in [1.29, 1.82) is 0 Å². The molecule has 29 heavy (non-hydrogen) atoms. The zero-order valence-corrected chi connectivity index (χ0v) is 16.4. The monoisotopic (exact) mass is 400 g/mol. The maximum absolute atomic E-state index is 13.4. The number of nitrogens with zero attached hydrogens (tertiary/aromatic N) is 2. The molecule has 0 unspecified atom stereocenters. The third-order valence-corrected chi connectivity index (χ3v) is 4.25. The van der Waals surface area contributed by atoms with Gasteiger partial charge < -0.3 is 9.64 Å². The number of anilines is 1. The average Bonchev–Trinajstić information content (AvgIpc) is 2.68. The molecule has 1 heterocycles. The maximum atomic E-state index is 13.4. The van der Waals surface area contributed by atoms with Gasteiger partial charge in [-0.15, -0.1) is 0 Å². The van der Waals surface area contributed by atoms with Crippen LogP contribution < -0.4 is 9.64 Å². The Bertz CT molecular complexity index is 871. The molecule has 3 nitrogen and oxygen atoms in total. The fraction of sp³-hybridized carbons (Fsp3) is 0.261. The van der Waals surface area contributed by atoms with Crippen molar-refractivity contribution < 1.29 is 17.9 Å². The van der Waals surface area contributed by atoms with Crippen LogP contribution in [-0.4, -0.2) is 11.1 Å². The summed E-state index contributed by atoms with van der Waals surface area (Å²) in [4.78, 5) is 6.20. The highest BCUT2D eigenvalue weighted by molar-refractivity contribution is 5.46. The number of hydrogen-bond acceptors (Lipinski definition) is 3. The number of hydrogen-bond donors (Lipinski definition) is 0. The Morgan fingerprint density at radius 1 is 0.828 bits per heavy atom. The van der Waals surface area contributed by atoms with Crippen LogP contribution in [0.3, 0.4) is 0 Å². The summed E-state index contributed by atoms with van der Waals surface area (Å²) in [5.41, 5.74) is 1.21. The molecule has 0 radical (unpaired) electrons. The number of aromatic nitrogens is 1. The summed E-state index contributed by atoms with van der Waals surface area (Å²) in [5, 5.41) is 0. The molecule has 0 fully saturated rings. The highest BCUT2D eigenvalue weighted by atomic mass is 19.4. The first-order valence-electron chi connectivity index (χ1n) is 9.40. The molecule has 0 amide bonds. The molecular formula is C23H23F3N2O. The molecule has 0 aliphatic rings. The van der Waals surface area contributed by atoms with Crippen molar-refractivity contribution in [2.45, 2.75) is 39.2 Å². The van der Waals surface area contributed by atoms with Gasteiger partial charge in [0.2, 0.25) is 5.88 Å². The molecule has 0 N–H and O–H groups in total. The van der Waals surface area contributed by atoms with Crippen LogP contribution in [0.4, 0.5) is 19.0 Å². The number of rotatable bonds is 7. The summed E-state index contributed by atoms with van der Waals surface area (Å²) in [6, 6.07) is 22.0. The maximum Gasteiger partial charge on any atom is 0.421 e. The minimum Gasteiger partial charge on any atom is -0.474 e. The summed E-state index contributed by atoms with van der Waals surface area (Å²) in [7, 11) is 0. The minimum absolute atomic E-state index is 0.392. The minimum atomic E-state index is -4.53. The van der Waals surface area contributed by atoms with Crippen molar-refractivity contribution in [2.24, 2.45) is 0 Å². The molecule has 0 saturated carbocycles. The van der Waals surface area contributed by atoms with Crippen LogP contribution in [0.1, 0.15) is 30.5 Å². The van der Waals surface area contributed by atoms with Crippen LogP contribution in [0.25, 0.3) is 0 Å². The molecule has 6 heteroatoms. The van der Waals surface area contributed by atoms with Crippen molar-refractivity contribution in [3.63, 3.8) is 0 Å². The molecule has 3 rings (SSSR count). The van der Waals surface area contributed by atoms with Crippen molar-refractivity contribution in [3.8, 4) is 5.88 Å². The molecule has 0 spiro atoms. The second-order valence-corrected chi connectivity index (χ2v) is 7.01. The number of benzene rings is 2. The molecule has 0 atom stereocenters. The third kappa shape index (κ3) is 5.73. The molecule has 2 aromatic carbocycles. The SMILES string of the molecule is CC(C)Oc1nc(N(Cc2ccccc2)Cc2ccccc2)ccc1C(F)(F)F. The summed E-state index contributed by atoms with van der Waals surface area (Å²) >= 11 is 0. The smallest absolute Gasteiger partial charge is 0.421 e. The van der Waals surface area contributed by atoms with Gasteiger partial charge in [0.25, 0.3) is 0 Å². The average molecular weight is 400 g/mol. The normalized spacial score (nSPS) is 11.5. The zero-order valence-electron chi connectivity index (χ0n) is 16.4. The predicted molar refractivity (Wildman–Crippen MR) is 108 cm³/mol. The van der Waals surface area contributed by atoms with Crippen molar-refractivity contribution in [3.05, 3.63) is 89.5 Å². The van der Waals surface area contributed by atoms with E-state index in [9.17, 15) is 13.2 Å². The van der Waals surface area contributed by atoms with E-state index >= 15 is 0 Å². The summed E-state index contributed by atoms with van der Waals surface area (Å²) in [6.07, 6.45) is -4.95. The molecule has 152 valence electrons. The van der Waals surface area contributed by atoms with E-state index in [-0.39, 0.29) is 0 Å². The van der Waals surface area contributed by atoms with E-state index in [4.69, 9.17) is 4.74 Å². The number of pyridine rings is 1. The van der Waals surface area contributed by atoms with Gasteiger partial charge >= 0.3 is 6.18 Å². The first-order valence-corrected chi connectivity index (χ1v) is 9.40. The standard InChI is InChI=1S/C23H23F3N2O/c1-17(2)29-22-20(23(24,25)26)13-14-21(27-22)28(15-18-9-5-3-6-10-18)16-19-11-7-4-8-12-19/h3-14,17H,15-16H2,1-2H3. The lowest BCUT2D eigenvalue weighted by Crippen LogP contribution is -2.24. The topological polar surface area (TPSA) is 25.4 Å². The molecule has 0 bridgehead atoms. The van der Waals surface area contributed by atoms with Crippen LogP contribution in [0.2, 0.25) is 0 Å². The lowest BCUT2D eigenvalue weighted by Gasteiger charge is -2.26. The highest BCUT2D eigenvalue weighted by Gasteiger charge is 2.36. The summed E-state index contributed by atoms with van der Waals surface area (Å²) in [6.45, 7) is 4.38. The summed E-state index contributed by atoms with van der Waals surface area (Å²) in [5.74, 6) is 0.0393. The molecule has 0 aliphatic carbocycles. The molecule has 1 aromatic heterocycles. The fourth-order valence-electron chi connectivity index (χ4n) is 2.96. The molecular weight excluding hydrogens is 377 g/mol. The Hall–Kier alpha value is -3.02. The largest absolute Gasteiger partial charge is 0.474 e. The van der Waals surface area contributed by atoms with E-state index in [1.807, 2.05) is 65.6 Å². The van der Waals surface area contributed by atoms with E-state index < -0.39 is 23.7 Å². The zero-order chi connectivity index (χ0) is 20.9. The van der Waals surface area contributed by atoms with Crippen molar-refractivity contribution in [1.82, 2.24) is 4.98 Å². The van der Waals surface area contributed by atoms with Gasteiger partial charge in [0.05, 0.1) is 6.10 Å². The van der Waals surface area contributed by atoms with Crippen LogP contribution in [0.15, 0.2) is 72.8 Å². The molecule has 0 aliphatic heterocycles. The highest BCUT2D eigenvalue weighted by Crippen LogP contribution is 2.37. The van der Waals surface area contributed by atoms with Gasteiger partial charge in [0.15, 0.2) is 0 Å². The Morgan fingerprint density at radius 3 is 1.79 bits per heavy atom. The van der Waals surface area contributed by atoms with E-state index in [2.05, 4.69) is 4.98 Å². The van der Waals surface area contributed by atoms with Gasteiger partial charge in [0.1, 0.15) is 11.4 Å². The Balaban J connectivity index is 1.99. The predicted octanol–water partition coefficient (Wildman–Crippen LogP) is 6.09. The van der Waals surface area contributed by atoms with E-state index in [1.54, 1.807) is 13.8 Å². The Labute approximate surface area is 168 Å². The summed E-state index contributed by atoms with van der Waals surface area (Å²) < 4.78 is 45.6. The first kappa shape index (κ1) is 20.7. The van der Waals surface area contributed by atoms with Crippen LogP contribution in [0, 0.1) is 0 Å². The second-order valence-electron chi connectivity index (χ2n) is 7.01. The lowest BCUT2D eigenvalue weighted by atomic mass is 10.1. The second kappa shape index (κ2) is 8.99. The molecule has 3 aromatic rings. The Morgan fingerprint density at radius 2 is 1.34 bits per heavy atom. The Kier molecular flexibility index (Phi) is 6.42. The van der Waals surface area contributed by atoms with Crippen LogP contribution in [0.5, 0.6) is 5.88 Å². The van der Waals surface area contributed by atoms with Gasteiger partial charge in [-0.2, -0.15) is 18.2 Å². The van der Waals surface area contributed by atoms with E-state index in [1.165, 1.54) is 6.07 Å². The number of alkyl halides is 3. The van der Waals surface area contributed by atoms with Crippen LogP contribution >= 0.6 is 0 Å².